The standard InChI is InChI=1S/C28H27IN2O7S/c1-5-36-21-14-18(10-11-20(21)38-15-23(32)35-4)25-24(27(34)37-6-2)16(3)30-28-31(25)26(33)22(39-28)13-17-8-7-9-19(29)12-17/h7-14,25H,5-6,15H2,1-4H3/b22-13-/t25-/m0/s1. The molecule has 0 N–H and O–H groups in total. The molecule has 11 heteroatoms. The molecule has 0 saturated heterocycles. The average molecular weight is 663 g/mol. The molecular weight excluding hydrogens is 635 g/mol. The molecule has 9 nitrogen and oxygen atoms in total. The zero-order chi connectivity index (χ0) is 28.1. The Balaban J connectivity index is 1.90. The normalized spacial score (nSPS) is 14.9. The minimum absolute atomic E-state index is 0.171. The number of esters is 2. The highest BCUT2D eigenvalue weighted by molar-refractivity contribution is 14.1. The lowest BCUT2D eigenvalue weighted by Gasteiger charge is -2.25. The second-order valence-corrected chi connectivity index (χ2v) is 10.6. The van der Waals surface area contributed by atoms with Crippen molar-refractivity contribution in [1.29, 1.82) is 0 Å². The van der Waals surface area contributed by atoms with Gasteiger partial charge in [0.05, 0.1) is 42.2 Å². The highest BCUT2D eigenvalue weighted by atomic mass is 127. The Morgan fingerprint density at radius 2 is 1.90 bits per heavy atom. The lowest BCUT2D eigenvalue weighted by atomic mass is 9.95. The minimum atomic E-state index is -0.813. The first-order valence-corrected chi connectivity index (χ1v) is 14.1. The van der Waals surface area contributed by atoms with Gasteiger partial charge < -0.3 is 18.9 Å². The van der Waals surface area contributed by atoms with Crippen LogP contribution in [0.25, 0.3) is 6.08 Å². The number of carbonyl (C=O) groups excluding carboxylic acids is 2. The second kappa shape index (κ2) is 12.6. The topological polar surface area (TPSA) is 105 Å². The van der Waals surface area contributed by atoms with Crippen molar-refractivity contribution >= 4 is 51.9 Å². The number of aromatic nitrogens is 1. The van der Waals surface area contributed by atoms with Crippen LogP contribution in [0.3, 0.4) is 0 Å². The summed E-state index contributed by atoms with van der Waals surface area (Å²) in [5.74, 6) is -0.405. The van der Waals surface area contributed by atoms with E-state index in [-0.39, 0.29) is 24.3 Å². The summed E-state index contributed by atoms with van der Waals surface area (Å²) >= 11 is 3.48. The van der Waals surface area contributed by atoms with E-state index in [1.807, 2.05) is 37.3 Å². The van der Waals surface area contributed by atoms with E-state index in [9.17, 15) is 14.4 Å². The number of thiazole rings is 1. The van der Waals surface area contributed by atoms with Crippen molar-refractivity contribution in [3.05, 3.63) is 88.1 Å². The molecule has 1 aliphatic rings. The summed E-state index contributed by atoms with van der Waals surface area (Å²) in [5.41, 5.74) is 1.93. The van der Waals surface area contributed by atoms with E-state index in [0.29, 0.717) is 38.7 Å². The Bertz CT molecular complexity index is 1620. The lowest BCUT2D eigenvalue weighted by molar-refractivity contribution is -0.143. The first-order valence-electron chi connectivity index (χ1n) is 12.2. The van der Waals surface area contributed by atoms with E-state index >= 15 is 0 Å². The molecule has 204 valence electrons. The number of fused-ring (bicyclic) bond motifs is 1. The Hall–Kier alpha value is -3.45. The monoisotopic (exact) mass is 662 g/mol. The first-order chi connectivity index (χ1) is 18.8. The third kappa shape index (κ3) is 6.25. The van der Waals surface area contributed by atoms with Crippen molar-refractivity contribution in [3.63, 3.8) is 0 Å². The number of hydrogen-bond donors (Lipinski definition) is 0. The number of nitrogens with zero attached hydrogens (tertiary/aromatic N) is 2. The molecule has 0 amide bonds. The number of ether oxygens (including phenoxy) is 4. The van der Waals surface area contributed by atoms with E-state index in [4.69, 9.17) is 14.2 Å². The zero-order valence-corrected chi connectivity index (χ0v) is 24.8. The fraction of sp³-hybridized carbons (Fsp3) is 0.286. The molecule has 1 aromatic heterocycles. The lowest BCUT2D eigenvalue weighted by Crippen LogP contribution is -2.40. The predicted octanol–water partition coefficient (Wildman–Crippen LogP) is 3.35. The van der Waals surface area contributed by atoms with E-state index in [2.05, 4.69) is 32.3 Å². The Morgan fingerprint density at radius 3 is 2.59 bits per heavy atom. The van der Waals surface area contributed by atoms with Crippen LogP contribution in [0, 0.1) is 3.57 Å². The van der Waals surface area contributed by atoms with Crippen molar-refractivity contribution < 1.29 is 28.5 Å². The quantitative estimate of drug-likeness (QED) is 0.256. The molecule has 0 saturated carbocycles. The van der Waals surface area contributed by atoms with Crippen molar-refractivity contribution in [2.75, 3.05) is 26.9 Å². The van der Waals surface area contributed by atoms with Gasteiger partial charge in [-0.15, -0.1) is 0 Å². The van der Waals surface area contributed by atoms with Crippen LogP contribution in [0.15, 0.2) is 63.5 Å². The molecule has 4 rings (SSSR count). The van der Waals surface area contributed by atoms with Crippen LogP contribution in [-0.4, -0.2) is 43.4 Å². The fourth-order valence-corrected chi connectivity index (χ4v) is 5.75. The number of allylic oxidation sites excluding steroid dienone is 1. The smallest absolute Gasteiger partial charge is 0.343 e. The van der Waals surface area contributed by atoms with Gasteiger partial charge in [0.1, 0.15) is 0 Å². The number of rotatable bonds is 9. The predicted molar refractivity (Wildman–Crippen MR) is 155 cm³/mol. The number of halogens is 1. The van der Waals surface area contributed by atoms with Crippen molar-refractivity contribution in [3.8, 4) is 11.5 Å². The Labute approximate surface area is 242 Å². The number of hydrogen-bond acceptors (Lipinski definition) is 9. The van der Waals surface area contributed by atoms with Crippen LogP contribution in [0.4, 0.5) is 0 Å². The highest BCUT2D eigenvalue weighted by Gasteiger charge is 2.34. The Morgan fingerprint density at radius 1 is 1.10 bits per heavy atom. The van der Waals surface area contributed by atoms with Gasteiger partial charge in [-0.1, -0.05) is 29.5 Å². The molecule has 3 aromatic rings. The molecule has 2 aromatic carbocycles. The minimum Gasteiger partial charge on any atom is -0.490 e. The van der Waals surface area contributed by atoms with Crippen molar-refractivity contribution in [2.45, 2.75) is 26.8 Å². The van der Waals surface area contributed by atoms with E-state index < -0.39 is 18.0 Å². The van der Waals surface area contributed by atoms with E-state index in [0.717, 1.165) is 9.13 Å². The van der Waals surface area contributed by atoms with E-state index in [1.54, 1.807) is 32.0 Å². The van der Waals surface area contributed by atoms with Crippen LogP contribution >= 0.6 is 33.9 Å². The molecule has 1 atom stereocenters. The van der Waals surface area contributed by atoms with Gasteiger partial charge in [-0.05, 0) is 84.8 Å². The van der Waals surface area contributed by atoms with Gasteiger partial charge in [0.2, 0.25) is 0 Å². The van der Waals surface area contributed by atoms with Gasteiger partial charge >= 0.3 is 11.9 Å². The van der Waals surface area contributed by atoms with Crippen molar-refractivity contribution in [1.82, 2.24) is 4.57 Å². The summed E-state index contributed by atoms with van der Waals surface area (Å²) < 4.78 is 24.5. The van der Waals surface area contributed by atoms with Crippen LogP contribution in [0.2, 0.25) is 0 Å². The second-order valence-electron chi connectivity index (χ2n) is 8.36. The van der Waals surface area contributed by atoms with Crippen molar-refractivity contribution in [2.24, 2.45) is 4.99 Å². The molecule has 0 unspecified atom stereocenters. The maximum Gasteiger partial charge on any atom is 0.343 e. The number of carbonyl (C=O) groups is 2. The molecule has 39 heavy (non-hydrogen) atoms. The van der Waals surface area contributed by atoms with Gasteiger partial charge in [0.25, 0.3) is 5.56 Å². The number of benzene rings is 2. The number of methoxy groups -OCH3 is 1. The van der Waals surface area contributed by atoms with Crippen LogP contribution in [0.5, 0.6) is 11.5 Å². The summed E-state index contributed by atoms with van der Waals surface area (Å²) in [4.78, 5) is 43.7. The molecular formula is C28H27IN2O7S. The summed E-state index contributed by atoms with van der Waals surface area (Å²) in [6, 6.07) is 12.1. The maximum absolute atomic E-state index is 13.8. The molecule has 1 aliphatic heterocycles. The summed E-state index contributed by atoms with van der Waals surface area (Å²) in [5, 5.41) is 0. The molecule has 2 heterocycles. The van der Waals surface area contributed by atoms with Crippen LogP contribution in [0.1, 0.15) is 37.9 Å². The van der Waals surface area contributed by atoms with Gasteiger partial charge in [-0.2, -0.15) is 0 Å². The van der Waals surface area contributed by atoms with Gasteiger partial charge in [0, 0.05) is 3.57 Å². The van der Waals surface area contributed by atoms with Gasteiger partial charge in [-0.25, -0.2) is 14.6 Å². The summed E-state index contributed by atoms with van der Waals surface area (Å²) in [6.45, 7) is 5.48. The van der Waals surface area contributed by atoms with Gasteiger partial charge in [-0.3, -0.25) is 9.36 Å². The maximum atomic E-state index is 13.8. The molecule has 0 radical (unpaired) electrons. The fourth-order valence-electron chi connectivity index (χ4n) is 4.13. The first kappa shape index (κ1) is 28.6. The molecule has 0 spiro atoms. The van der Waals surface area contributed by atoms with Crippen LogP contribution < -0.4 is 24.4 Å². The molecule has 0 bridgehead atoms. The van der Waals surface area contributed by atoms with E-state index in [1.165, 1.54) is 23.0 Å². The molecule has 0 fully saturated rings. The Kier molecular flexibility index (Phi) is 9.23. The third-order valence-corrected chi connectivity index (χ3v) is 7.47. The summed E-state index contributed by atoms with van der Waals surface area (Å²) in [6.07, 6.45) is 1.82. The largest absolute Gasteiger partial charge is 0.490 e. The summed E-state index contributed by atoms with van der Waals surface area (Å²) in [7, 11) is 1.28. The zero-order valence-electron chi connectivity index (χ0n) is 21.9. The third-order valence-electron chi connectivity index (χ3n) is 5.82. The SMILES string of the molecule is CCOC(=O)C1=C(C)N=c2s/c(=C\c3cccc(I)c3)c(=O)n2[C@H]1c1ccc(OCC(=O)OC)c(OCC)c1. The highest BCUT2D eigenvalue weighted by Crippen LogP contribution is 2.36. The average Bonchev–Trinajstić information content (AvgIpc) is 3.21. The van der Waals surface area contributed by atoms with Crippen LogP contribution in [-0.2, 0) is 19.1 Å². The molecule has 0 aliphatic carbocycles. The van der Waals surface area contributed by atoms with Gasteiger partial charge in [0.15, 0.2) is 22.9 Å².